The zero-order valence-electron chi connectivity index (χ0n) is 6.71. The molecule has 1 aromatic carbocycles. The topological polar surface area (TPSA) is 43.1 Å². The quantitative estimate of drug-likeness (QED) is 0.476. The number of rotatable bonds is 2. The normalized spacial score (nSPS) is 12.2. The number of benzene rings is 1. The van der Waals surface area contributed by atoms with E-state index in [2.05, 4.69) is 0 Å². The van der Waals surface area contributed by atoms with Crippen molar-refractivity contribution in [1.82, 2.24) is 0 Å². The molecule has 0 bridgehead atoms. The summed E-state index contributed by atoms with van der Waals surface area (Å²) in [6.07, 6.45) is 0. The molecule has 0 saturated heterocycles. The first kappa shape index (κ1) is 11.0. The molecule has 6 heteroatoms. The van der Waals surface area contributed by atoms with Crippen LogP contribution in [-0.2, 0) is 0 Å². The average molecular weight is 311 g/mol. The van der Waals surface area contributed by atoms with Gasteiger partial charge in [0.05, 0.1) is 4.92 Å². The third-order valence-electron chi connectivity index (χ3n) is 1.50. The summed E-state index contributed by atoms with van der Waals surface area (Å²) >= 11 is 1.20. The molecule has 0 atom stereocenters. The molecule has 3 nitrogen and oxygen atoms in total. The molecule has 0 radical (unpaired) electrons. The highest BCUT2D eigenvalue weighted by atomic mass is 127. The lowest BCUT2D eigenvalue weighted by molar-refractivity contribution is -0.384. The standard InChI is InChI=1S/C8H4F2INO2/c9-7(8(10)11)5-1-3-6(4-2-5)12(13)14/h1-4H/b8-7-. The Morgan fingerprint density at radius 1 is 1.29 bits per heavy atom. The SMILES string of the molecule is O=[N+]([O-])c1ccc(/C(F)=C(\F)I)cc1. The summed E-state index contributed by atoms with van der Waals surface area (Å²) in [5.41, 5.74) is -0.169. The average Bonchev–Trinajstić information content (AvgIpc) is 2.16. The van der Waals surface area contributed by atoms with Gasteiger partial charge in [0.15, 0.2) is 9.66 Å². The molecule has 0 aliphatic heterocycles. The Hall–Kier alpha value is -1.05. The summed E-state index contributed by atoms with van der Waals surface area (Å²) in [6.45, 7) is 0. The summed E-state index contributed by atoms with van der Waals surface area (Å²) in [4.78, 5) is 9.63. The van der Waals surface area contributed by atoms with Crippen LogP contribution in [0.2, 0.25) is 0 Å². The molecule has 0 fully saturated rings. The van der Waals surface area contributed by atoms with Crippen molar-refractivity contribution in [3.8, 4) is 0 Å². The molecular weight excluding hydrogens is 307 g/mol. The molecule has 0 N–H and O–H groups in total. The van der Waals surface area contributed by atoms with Gasteiger partial charge in [0, 0.05) is 17.7 Å². The van der Waals surface area contributed by atoms with E-state index < -0.39 is 14.6 Å². The van der Waals surface area contributed by atoms with Crippen molar-refractivity contribution >= 4 is 34.1 Å². The molecule has 0 aliphatic rings. The number of nitrogens with zero attached hydrogens (tertiary/aromatic N) is 1. The number of nitro groups is 1. The molecule has 0 heterocycles. The molecule has 0 aliphatic carbocycles. The maximum atomic E-state index is 12.9. The summed E-state index contributed by atoms with van der Waals surface area (Å²) in [6, 6.07) is 4.56. The highest BCUT2D eigenvalue weighted by molar-refractivity contribution is 14.1. The second kappa shape index (κ2) is 4.45. The van der Waals surface area contributed by atoms with E-state index in [9.17, 15) is 18.9 Å². The minimum Gasteiger partial charge on any atom is -0.258 e. The largest absolute Gasteiger partial charge is 0.269 e. The second-order valence-corrected chi connectivity index (χ2v) is 3.33. The van der Waals surface area contributed by atoms with Gasteiger partial charge in [-0.25, -0.2) is 4.39 Å². The van der Waals surface area contributed by atoms with Crippen LogP contribution in [0.1, 0.15) is 5.56 Å². The molecule has 0 amide bonds. The summed E-state index contributed by atoms with van der Waals surface area (Å²) in [5.74, 6) is -1.01. The number of non-ortho nitro benzene ring substituents is 1. The third-order valence-corrected chi connectivity index (χ3v) is 1.97. The van der Waals surface area contributed by atoms with E-state index in [4.69, 9.17) is 0 Å². The molecule has 1 aromatic rings. The Kier molecular flexibility index (Phi) is 3.50. The fourth-order valence-electron chi connectivity index (χ4n) is 0.839. The van der Waals surface area contributed by atoms with Crippen molar-refractivity contribution in [2.24, 2.45) is 0 Å². The van der Waals surface area contributed by atoms with E-state index in [1.807, 2.05) is 0 Å². The van der Waals surface area contributed by atoms with Gasteiger partial charge in [0.25, 0.3) is 5.69 Å². The molecule has 74 valence electrons. The molecule has 0 unspecified atom stereocenters. The molecule has 14 heavy (non-hydrogen) atoms. The van der Waals surface area contributed by atoms with Gasteiger partial charge >= 0.3 is 0 Å². The number of hydrogen-bond acceptors (Lipinski definition) is 2. The van der Waals surface area contributed by atoms with E-state index in [0.717, 1.165) is 24.3 Å². The van der Waals surface area contributed by atoms with Crippen molar-refractivity contribution in [2.75, 3.05) is 0 Å². The lowest BCUT2D eigenvalue weighted by Crippen LogP contribution is -1.87. The highest BCUT2D eigenvalue weighted by Gasteiger charge is 2.09. The molecule has 0 aromatic heterocycles. The molecule has 0 spiro atoms. The van der Waals surface area contributed by atoms with E-state index >= 15 is 0 Å². The van der Waals surface area contributed by atoms with Gasteiger partial charge in [-0.3, -0.25) is 10.1 Å². The Bertz CT molecular complexity index is 385. The van der Waals surface area contributed by atoms with E-state index in [1.54, 1.807) is 0 Å². The fraction of sp³-hybridized carbons (Fsp3) is 0. The maximum absolute atomic E-state index is 12.9. The smallest absolute Gasteiger partial charge is 0.258 e. The van der Waals surface area contributed by atoms with Gasteiger partial charge in [-0.1, -0.05) is 0 Å². The number of halogens is 3. The van der Waals surface area contributed by atoms with Crippen LogP contribution in [0.5, 0.6) is 0 Å². The zero-order valence-corrected chi connectivity index (χ0v) is 8.86. The van der Waals surface area contributed by atoms with Crippen molar-refractivity contribution in [1.29, 1.82) is 0 Å². The van der Waals surface area contributed by atoms with E-state index in [-0.39, 0.29) is 11.3 Å². The van der Waals surface area contributed by atoms with Crippen LogP contribution in [0.15, 0.2) is 28.1 Å². The van der Waals surface area contributed by atoms with Crippen LogP contribution in [0.3, 0.4) is 0 Å². The minimum absolute atomic E-state index is 0.0116. The van der Waals surface area contributed by atoms with Gasteiger partial charge in [-0.05, 0) is 34.7 Å². The van der Waals surface area contributed by atoms with Crippen molar-refractivity contribution in [3.63, 3.8) is 0 Å². The predicted molar refractivity (Wildman–Crippen MR) is 56.3 cm³/mol. The Morgan fingerprint density at radius 3 is 2.14 bits per heavy atom. The van der Waals surface area contributed by atoms with E-state index in [1.165, 1.54) is 22.6 Å². The first-order chi connectivity index (χ1) is 6.52. The van der Waals surface area contributed by atoms with Crippen LogP contribution in [0, 0.1) is 10.1 Å². The number of nitro benzene ring substituents is 1. The second-order valence-electron chi connectivity index (χ2n) is 2.38. The lowest BCUT2D eigenvalue weighted by atomic mass is 10.2. The van der Waals surface area contributed by atoms with Crippen LogP contribution in [-0.4, -0.2) is 4.92 Å². The summed E-state index contributed by atoms with van der Waals surface area (Å²) < 4.78 is 24.3. The van der Waals surface area contributed by atoms with E-state index in [0.29, 0.717) is 0 Å². The zero-order chi connectivity index (χ0) is 10.7. The third kappa shape index (κ3) is 2.47. The lowest BCUT2D eigenvalue weighted by Gasteiger charge is -1.96. The minimum atomic E-state index is -1.01. The highest BCUT2D eigenvalue weighted by Crippen LogP contribution is 2.26. The predicted octanol–water partition coefficient (Wildman–Crippen LogP) is 3.59. The molecular formula is C8H4F2INO2. The maximum Gasteiger partial charge on any atom is 0.269 e. The van der Waals surface area contributed by atoms with Gasteiger partial charge in [-0.15, -0.1) is 0 Å². The fourth-order valence-corrected chi connectivity index (χ4v) is 1.15. The van der Waals surface area contributed by atoms with Gasteiger partial charge in [-0.2, -0.15) is 4.39 Å². The van der Waals surface area contributed by atoms with Gasteiger partial charge < -0.3 is 0 Å². The van der Waals surface area contributed by atoms with Crippen molar-refractivity contribution < 1.29 is 13.7 Å². The first-order valence-electron chi connectivity index (χ1n) is 3.48. The van der Waals surface area contributed by atoms with Crippen LogP contribution in [0.4, 0.5) is 14.5 Å². The van der Waals surface area contributed by atoms with Crippen molar-refractivity contribution in [3.05, 3.63) is 43.8 Å². The van der Waals surface area contributed by atoms with Crippen molar-refractivity contribution in [2.45, 2.75) is 0 Å². The Labute approximate surface area is 91.7 Å². The van der Waals surface area contributed by atoms with Crippen LogP contribution < -0.4 is 0 Å². The first-order valence-corrected chi connectivity index (χ1v) is 4.56. The van der Waals surface area contributed by atoms with Gasteiger partial charge in [0.2, 0.25) is 0 Å². The Balaban J connectivity index is 3.06. The van der Waals surface area contributed by atoms with Gasteiger partial charge in [0.1, 0.15) is 0 Å². The monoisotopic (exact) mass is 311 g/mol. The number of hydrogen-bond donors (Lipinski definition) is 0. The Morgan fingerprint density at radius 2 is 1.79 bits per heavy atom. The van der Waals surface area contributed by atoms with Crippen LogP contribution in [0.25, 0.3) is 5.83 Å². The summed E-state index contributed by atoms with van der Waals surface area (Å²) in [5, 5.41) is 10.2. The molecule has 0 saturated carbocycles. The molecule has 1 rings (SSSR count). The summed E-state index contributed by atoms with van der Waals surface area (Å²) in [7, 11) is 0. The van der Waals surface area contributed by atoms with Crippen LogP contribution >= 0.6 is 22.6 Å².